The highest BCUT2D eigenvalue weighted by atomic mass is 127. The Morgan fingerprint density at radius 3 is 2.55 bits per heavy atom. The molecule has 1 saturated heterocycles. The summed E-state index contributed by atoms with van der Waals surface area (Å²) in [5.74, 6) is -1.51. The molecule has 4 nitrogen and oxygen atoms in total. The molecular formula is C14H15FINO3. The van der Waals surface area contributed by atoms with Crippen LogP contribution < -0.4 is 0 Å². The lowest BCUT2D eigenvalue weighted by Gasteiger charge is -2.31. The second-order valence-electron chi connectivity index (χ2n) is 4.93. The number of carbonyl (C=O) groups is 2. The molecule has 0 saturated carbocycles. The van der Waals surface area contributed by atoms with Gasteiger partial charge in [-0.1, -0.05) is 6.07 Å². The molecule has 0 aliphatic carbocycles. The summed E-state index contributed by atoms with van der Waals surface area (Å²) >= 11 is 1.95. The van der Waals surface area contributed by atoms with Crippen LogP contribution in [0, 0.1) is 15.3 Å². The second kappa shape index (κ2) is 6.51. The van der Waals surface area contributed by atoms with Crippen molar-refractivity contribution in [2.75, 3.05) is 13.1 Å². The molecule has 1 aliphatic rings. The Labute approximate surface area is 130 Å². The number of hydrogen-bond donors (Lipinski definition) is 1. The van der Waals surface area contributed by atoms with Crippen LogP contribution in [0.3, 0.4) is 0 Å². The third-order valence-corrected chi connectivity index (χ3v) is 4.44. The van der Waals surface area contributed by atoms with Crippen LogP contribution in [0.15, 0.2) is 18.2 Å². The second-order valence-corrected chi connectivity index (χ2v) is 6.09. The summed E-state index contributed by atoms with van der Waals surface area (Å²) in [6.07, 6.45) is 1.45. The molecule has 0 spiro atoms. The van der Waals surface area contributed by atoms with Crippen LogP contribution in [0.25, 0.3) is 0 Å². The van der Waals surface area contributed by atoms with Crippen molar-refractivity contribution >= 4 is 34.5 Å². The monoisotopic (exact) mass is 391 g/mol. The van der Waals surface area contributed by atoms with Crippen molar-refractivity contribution < 1.29 is 19.1 Å². The average Bonchev–Trinajstić information content (AvgIpc) is 2.38. The highest BCUT2D eigenvalue weighted by molar-refractivity contribution is 14.1. The molecule has 1 N–H and O–H groups in total. The Morgan fingerprint density at radius 2 is 2.00 bits per heavy atom. The van der Waals surface area contributed by atoms with Crippen molar-refractivity contribution in [3.05, 3.63) is 33.1 Å². The van der Waals surface area contributed by atoms with Crippen molar-refractivity contribution in [3.63, 3.8) is 0 Å². The Kier molecular flexibility index (Phi) is 4.95. The van der Waals surface area contributed by atoms with E-state index in [0.717, 1.165) is 0 Å². The van der Waals surface area contributed by atoms with Crippen LogP contribution in [-0.2, 0) is 4.79 Å². The van der Waals surface area contributed by atoms with Crippen LogP contribution >= 0.6 is 22.6 Å². The van der Waals surface area contributed by atoms with E-state index in [1.165, 1.54) is 6.07 Å². The topological polar surface area (TPSA) is 57.6 Å². The summed E-state index contributed by atoms with van der Waals surface area (Å²) in [6.45, 7) is 0.975. The molecule has 1 aliphatic heterocycles. The molecule has 1 amide bonds. The van der Waals surface area contributed by atoms with Gasteiger partial charge in [0.05, 0.1) is 5.56 Å². The minimum Gasteiger partial charge on any atom is -0.481 e. The number of carbonyl (C=O) groups excluding carboxylic acids is 1. The first-order chi connectivity index (χ1) is 9.49. The van der Waals surface area contributed by atoms with Crippen LogP contribution in [0.1, 0.15) is 29.6 Å². The van der Waals surface area contributed by atoms with E-state index >= 15 is 0 Å². The van der Waals surface area contributed by atoms with Crippen LogP contribution in [0.2, 0.25) is 0 Å². The summed E-state index contributed by atoms with van der Waals surface area (Å²) in [5.41, 5.74) is 0.116. The number of piperidine rings is 1. The van der Waals surface area contributed by atoms with Gasteiger partial charge >= 0.3 is 5.97 Å². The smallest absolute Gasteiger partial charge is 0.303 e. The van der Waals surface area contributed by atoms with Gasteiger partial charge in [-0.05, 0) is 53.5 Å². The highest BCUT2D eigenvalue weighted by Gasteiger charge is 2.27. The number of halogens is 2. The minimum absolute atomic E-state index is 0.108. The quantitative estimate of drug-likeness (QED) is 0.807. The van der Waals surface area contributed by atoms with E-state index in [1.807, 2.05) is 22.6 Å². The van der Waals surface area contributed by atoms with Crippen LogP contribution in [0.4, 0.5) is 4.39 Å². The fourth-order valence-corrected chi connectivity index (χ4v) is 3.14. The van der Waals surface area contributed by atoms with Crippen molar-refractivity contribution in [2.24, 2.45) is 5.92 Å². The Hall–Kier alpha value is -1.18. The Bertz CT molecular complexity index is 507. The van der Waals surface area contributed by atoms with Gasteiger partial charge in [-0.15, -0.1) is 0 Å². The maximum atomic E-state index is 13.8. The lowest BCUT2D eigenvalue weighted by Crippen LogP contribution is -2.39. The summed E-state index contributed by atoms with van der Waals surface area (Å²) < 4.78 is 14.4. The molecular weight excluding hydrogens is 376 g/mol. The molecule has 1 aromatic rings. The molecule has 108 valence electrons. The summed E-state index contributed by atoms with van der Waals surface area (Å²) in [5, 5.41) is 8.76. The number of amides is 1. The van der Waals surface area contributed by atoms with E-state index < -0.39 is 11.8 Å². The number of aliphatic carboxylic acids is 1. The molecule has 0 bridgehead atoms. The summed E-state index contributed by atoms with van der Waals surface area (Å²) in [7, 11) is 0. The van der Waals surface area contributed by atoms with Crippen molar-refractivity contribution in [2.45, 2.75) is 19.3 Å². The van der Waals surface area contributed by atoms with Gasteiger partial charge in [0.15, 0.2) is 0 Å². The maximum absolute atomic E-state index is 13.8. The van der Waals surface area contributed by atoms with Gasteiger partial charge in [0, 0.05) is 23.1 Å². The fourth-order valence-electron chi connectivity index (χ4n) is 2.45. The molecule has 0 unspecified atom stereocenters. The zero-order valence-electron chi connectivity index (χ0n) is 10.8. The van der Waals surface area contributed by atoms with Gasteiger partial charge < -0.3 is 10.0 Å². The van der Waals surface area contributed by atoms with Gasteiger partial charge in [-0.25, -0.2) is 4.39 Å². The summed E-state index contributed by atoms with van der Waals surface area (Å²) in [4.78, 5) is 24.6. The first-order valence-electron chi connectivity index (χ1n) is 6.44. The third-order valence-electron chi connectivity index (χ3n) is 3.54. The number of likely N-dealkylation sites (tertiary alicyclic amines) is 1. The standard InChI is InChI=1S/C14H15FINO3/c15-10-2-1-3-11(16)13(10)14(20)17-6-4-9(5-7-17)8-12(18)19/h1-3,9H,4-8H2,(H,18,19). The van der Waals surface area contributed by atoms with Crippen molar-refractivity contribution in [3.8, 4) is 0 Å². The predicted octanol–water partition coefficient (Wildman–Crippen LogP) is 2.76. The van der Waals surface area contributed by atoms with Crippen LogP contribution in [0.5, 0.6) is 0 Å². The van der Waals surface area contributed by atoms with E-state index in [9.17, 15) is 14.0 Å². The largest absolute Gasteiger partial charge is 0.481 e. The molecule has 20 heavy (non-hydrogen) atoms. The Balaban J connectivity index is 2.04. The average molecular weight is 391 g/mol. The number of carboxylic acids is 1. The Morgan fingerprint density at radius 1 is 1.35 bits per heavy atom. The van der Waals surface area contributed by atoms with Gasteiger partial charge in [-0.3, -0.25) is 9.59 Å². The molecule has 0 aromatic heterocycles. The van der Waals surface area contributed by atoms with Crippen molar-refractivity contribution in [1.82, 2.24) is 4.90 Å². The number of carboxylic acid groups (broad SMARTS) is 1. The molecule has 1 heterocycles. The maximum Gasteiger partial charge on any atom is 0.303 e. The van der Waals surface area contributed by atoms with Gasteiger partial charge in [0.25, 0.3) is 5.91 Å². The number of hydrogen-bond acceptors (Lipinski definition) is 2. The summed E-state index contributed by atoms with van der Waals surface area (Å²) in [6, 6.07) is 4.56. The van der Waals surface area contributed by atoms with Gasteiger partial charge in [0.2, 0.25) is 0 Å². The minimum atomic E-state index is -0.807. The predicted molar refractivity (Wildman–Crippen MR) is 80.0 cm³/mol. The lowest BCUT2D eigenvalue weighted by atomic mass is 9.93. The molecule has 2 rings (SSSR count). The third kappa shape index (κ3) is 3.47. The number of nitrogens with zero attached hydrogens (tertiary/aromatic N) is 1. The molecule has 6 heteroatoms. The fraction of sp³-hybridized carbons (Fsp3) is 0.429. The number of rotatable bonds is 3. The molecule has 1 fully saturated rings. The van der Waals surface area contributed by atoms with Crippen molar-refractivity contribution in [1.29, 1.82) is 0 Å². The zero-order valence-corrected chi connectivity index (χ0v) is 13.0. The highest BCUT2D eigenvalue weighted by Crippen LogP contribution is 2.24. The number of benzene rings is 1. The van der Waals surface area contributed by atoms with E-state index in [0.29, 0.717) is 29.5 Å². The molecule has 0 atom stereocenters. The van der Waals surface area contributed by atoms with E-state index in [1.54, 1.807) is 17.0 Å². The lowest BCUT2D eigenvalue weighted by molar-refractivity contribution is -0.138. The van der Waals surface area contributed by atoms with Gasteiger partial charge in [0.1, 0.15) is 5.82 Å². The first-order valence-corrected chi connectivity index (χ1v) is 7.52. The molecule has 0 radical (unpaired) electrons. The van der Waals surface area contributed by atoms with Crippen LogP contribution in [-0.4, -0.2) is 35.0 Å². The van der Waals surface area contributed by atoms with E-state index in [4.69, 9.17) is 5.11 Å². The van der Waals surface area contributed by atoms with E-state index in [2.05, 4.69) is 0 Å². The SMILES string of the molecule is O=C(O)CC1CCN(C(=O)c2c(F)cccc2I)CC1. The normalized spacial score (nSPS) is 16.2. The molecule has 1 aromatic carbocycles. The van der Waals surface area contributed by atoms with Gasteiger partial charge in [-0.2, -0.15) is 0 Å². The van der Waals surface area contributed by atoms with E-state index in [-0.39, 0.29) is 23.8 Å². The zero-order chi connectivity index (χ0) is 14.7. The first kappa shape index (κ1) is 15.2.